The Kier molecular flexibility index (Phi) is 5.60. The molecule has 0 aliphatic carbocycles. The minimum absolute atomic E-state index is 0.266. The van der Waals surface area contributed by atoms with Crippen molar-refractivity contribution in [2.45, 2.75) is 46.1 Å². The van der Waals surface area contributed by atoms with Gasteiger partial charge in [-0.1, -0.05) is 13.8 Å². The van der Waals surface area contributed by atoms with E-state index in [0.717, 1.165) is 32.3 Å². The molecule has 0 N–H and O–H groups in total. The topological polar surface area (TPSA) is 29.5 Å². The minimum Gasteiger partial charge on any atom is -0.380 e. The number of ether oxygens (including phenoxy) is 1. The molecule has 1 heterocycles. The third kappa shape index (κ3) is 4.40. The summed E-state index contributed by atoms with van der Waals surface area (Å²) in [5.74, 6) is 0.697. The third-order valence-electron chi connectivity index (χ3n) is 3.73. The predicted octanol–water partition coefficient (Wildman–Crippen LogP) is 2.35. The van der Waals surface area contributed by atoms with Gasteiger partial charge in [-0.05, 0) is 39.2 Å². The van der Waals surface area contributed by atoms with Crippen LogP contribution < -0.4 is 0 Å². The fraction of sp³-hybridized carbons (Fsp3) is 0.929. The zero-order valence-electron chi connectivity index (χ0n) is 11.7. The zero-order valence-corrected chi connectivity index (χ0v) is 11.7. The van der Waals surface area contributed by atoms with E-state index in [2.05, 4.69) is 32.7 Å². The quantitative estimate of drug-likeness (QED) is 0.669. The molecular weight excluding hydrogens is 214 g/mol. The van der Waals surface area contributed by atoms with E-state index in [9.17, 15) is 4.79 Å². The van der Waals surface area contributed by atoms with Crippen molar-refractivity contribution in [1.29, 1.82) is 0 Å². The van der Waals surface area contributed by atoms with Crippen molar-refractivity contribution in [2.24, 2.45) is 11.3 Å². The summed E-state index contributed by atoms with van der Waals surface area (Å²) in [5.41, 5.74) is -0.266. The summed E-state index contributed by atoms with van der Waals surface area (Å²) in [4.78, 5) is 13.7. The molecule has 1 saturated heterocycles. The molecule has 2 atom stereocenters. The lowest BCUT2D eigenvalue weighted by atomic mass is 9.83. The molecule has 0 aromatic rings. The van der Waals surface area contributed by atoms with Crippen LogP contribution in [0.3, 0.4) is 0 Å². The Morgan fingerprint density at radius 3 is 2.59 bits per heavy atom. The fourth-order valence-corrected chi connectivity index (χ4v) is 2.64. The van der Waals surface area contributed by atoms with Gasteiger partial charge in [0.25, 0.3) is 0 Å². The van der Waals surface area contributed by atoms with Crippen LogP contribution in [-0.2, 0) is 9.53 Å². The summed E-state index contributed by atoms with van der Waals surface area (Å²) in [6.45, 7) is 8.94. The number of carbonyl (C=O) groups is 1. The summed E-state index contributed by atoms with van der Waals surface area (Å²) in [6.07, 6.45) is 4.26. The van der Waals surface area contributed by atoms with Crippen molar-refractivity contribution in [3.8, 4) is 0 Å². The van der Waals surface area contributed by atoms with Crippen LogP contribution in [0.2, 0.25) is 0 Å². The van der Waals surface area contributed by atoms with Crippen LogP contribution >= 0.6 is 0 Å². The molecule has 1 rings (SSSR count). The van der Waals surface area contributed by atoms with E-state index < -0.39 is 0 Å². The number of nitrogens with zero attached hydrogens (tertiary/aromatic N) is 1. The normalized spacial score (nSPS) is 27.4. The zero-order chi connectivity index (χ0) is 12.9. The maximum Gasteiger partial charge on any atom is 0.129 e. The van der Waals surface area contributed by atoms with Gasteiger partial charge in [0.15, 0.2) is 0 Å². The molecule has 0 radical (unpaired) electrons. The summed E-state index contributed by atoms with van der Waals surface area (Å²) >= 11 is 0. The average Bonchev–Trinajstić information content (AvgIpc) is 2.29. The van der Waals surface area contributed by atoms with Gasteiger partial charge in [-0.25, -0.2) is 0 Å². The lowest BCUT2D eigenvalue weighted by molar-refractivity contribution is -0.125. The first-order valence-corrected chi connectivity index (χ1v) is 6.73. The molecule has 0 amide bonds. The number of carbonyl (C=O) groups excluding carboxylic acids is 1. The smallest absolute Gasteiger partial charge is 0.129 e. The molecule has 0 spiro atoms. The molecule has 3 nitrogen and oxygen atoms in total. The summed E-state index contributed by atoms with van der Waals surface area (Å²) in [6, 6.07) is 0.522. The van der Waals surface area contributed by atoms with Crippen molar-refractivity contribution in [1.82, 2.24) is 4.90 Å². The second-order valence-electron chi connectivity index (χ2n) is 6.03. The SMILES string of the molecule is CC(C)CC(C)N(C)CC1(C=O)CCCOC1. The Morgan fingerprint density at radius 1 is 1.41 bits per heavy atom. The van der Waals surface area contributed by atoms with Crippen LogP contribution in [0, 0.1) is 11.3 Å². The molecule has 1 aliphatic heterocycles. The second kappa shape index (κ2) is 6.50. The third-order valence-corrected chi connectivity index (χ3v) is 3.73. The first-order valence-electron chi connectivity index (χ1n) is 6.73. The van der Waals surface area contributed by atoms with E-state index in [1.807, 2.05) is 0 Å². The lowest BCUT2D eigenvalue weighted by Gasteiger charge is -2.37. The van der Waals surface area contributed by atoms with Crippen LogP contribution in [0.25, 0.3) is 0 Å². The predicted molar refractivity (Wildman–Crippen MR) is 70.1 cm³/mol. The fourth-order valence-electron chi connectivity index (χ4n) is 2.64. The van der Waals surface area contributed by atoms with E-state index in [1.165, 1.54) is 6.42 Å². The van der Waals surface area contributed by atoms with Gasteiger partial charge in [-0.15, -0.1) is 0 Å². The van der Waals surface area contributed by atoms with Gasteiger partial charge in [0.2, 0.25) is 0 Å². The van der Waals surface area contributed by atoms with Crippen LogP contribution in [0.5, 0.6) is 0 Å². The maximum atomic E-state index is 11.4. The van der Waals surface area contributed by atoms with Crippen LogP contribution in [0.4, 0.5) is 0 Å². The summed E-state index contributed by atoms with van der Waals surface area (Å²) < 4.78 is 5.48. The highest BCUT2D eigenvalue weighted by Crippen LogP contribution is 2.28. The molecule has 0 saturated carbocycles. The number of hydrogen-bond acceptors (Lipinski definition) is 3. The Balaban J connectivity index is 2.52. The first-order chi connectivity index (χ1) is 7.99. The summed E-state index contributed by atoms with van der Waals surface area (Å²) in [5, 5.41) is 0. The monoisotopic (exact) mass is 241 g/mol. The molecule has 0 bridgehead atoms. The molecule has 1 fully saturated rings. The van der Waals surface area contributed by atoms with Gasteiger partial charge < -0.3 is 14.4 Å². The Hall–Kier alpha value is -0.410. The number of aldehydes is 1. The highest BCUT2D eigenvalue weighted by atomic mass is 16.5. The van der Waals surface area contributed by atoms with Crippen molar-refractivity contribution < 1.29 is 9.53 Å². The minimum atomic E-state index is -0.266. The molecule has 100 valence electrons. The van der Waals surface area contributed by atoms with Gasteiger partial charge in [-0.2, -0.15) is 0 Å². The van der Waals surface area contributed by atoms with Gasteiger partial charge in [0.05, 0.1) is 12.0 Å². The molecule has 1 aliphatic rings. The standard InChI is InChI=1S/C14H27NO2/c1-12(2)8-13(3)15(4)9-14(10-16)6-5-7-17-11-14/h10,12-13H,5-9,11H2,1-4H3. The number of hydrogen-bond donors (Lipinski definition) is 0. The van der Waals surface area contributed by atoms with Gasteiger partial charge >= 0.3 is 0 Å². The molecule has 0 aromatic heterocycles. The first kappa shape index (κ1) is 14.7. The largest absolute Gasteiger partial charge is 0.380 e. The van der Waals surface area contributed by atoms with Gasteiger partial charge in [-0.3, -0.25) is 0 Å². The van der Waals surface area contributed by atoms with E-state index in [1.54, 1.807) is 0 Å². The molecular formula is C14H27NO2. The maximum absolute atomic E-state index is 11.4. The molecule has 0 aromatic carbocycles. The lowest BCUT2D eigenvalue weighted by Crippen LogP contribution is -2.45. The average molecular weight is 241 g/mol. The van der Waals surface area contributed by atoms with E-state index in [4.69, 9.17) is 4.74 Å². The van der Waals surface area contributed by atoms with E-state index in [-0.39, 0.29) is 5.41 Å². The highest BCUT2D eigenvalue weighted by Gasteiger charge is 2.34. The highest BCUT2D eigenvalue weighted by molar-refractivity contribution is 5.60. The van der Waals surface area contributed by atoms with Crippen molar-refractivity contribution in [2.75, 3.05) is 26.8 Å². The van der Waals surface area contributed by atoms with Gasteiger partial charge in [0.1, 0.15) is 6.29 Å². The van der Waals surface area contributed by atoms with Crippen molar-refractivity contribution >= 4 is 6.29 Å². The summed E-state index contributed by atoms with van der Waals surface area (Å²) in [7, 11) is 2.12. The van der Waals surface area contributed by atoms with Crippen molar-refractivity contribution in [3.05, 3.63) is 0 Å². The Morgan fingerprint density at radius 2 is 2.12 bits per heavy atom. The van der Waals surface area contributed by atoms with E-state index in [0.29, 0.717) is 18.6 Å². The van der Waals surface area contributed by atoms with Crippen LogP contribution in [-0.4, -0.2) is 44.0 Å². The Bertz CT molecular complexity index is 234. The number of rotatable bonds is 6. The molecule has 3 heteroatoms. The second-order valence-corrected chi connectivity index (χ2v) is 6.03. The van der Waals surface area contributed by atoms with E-state index >= 15 is 0 Å². The van der Waals surface area contributed by atoms with Crippen LogP contribution in [0.15, 0.2) is 0 Å². The molecule has 2 unspecified atom stereocenters. The van der Waals surface area contributed by atoms with Crippen molar-refractivity contribution in [3.63, 3.8) is 0 Å². The Labute approximate surface area is 106 Å². The molecule has 17 heavy (non-hydrogen) atoms. The van der Waals surface area contributed by atoms with Gasteiger partial charge in [0, 0.05) is 19.2 Å². The van der Waals surface area contributed by atoms with Crippen LogP contribution in [0.1, 0.15) is 40.0 Å².